The van der Waals surface area contributed by atoms with Crippen molar-refractivity contribution < 1.29 is 4.79 Å². The second-order valence-electron chi connectivity index (χ2n) is 6.12. The van der Waals surface area contributed by atoms with Crippen molar-refractivity contribution in [1.82, 2.24) is 14.5 Å². The first-order chi connectivity index (χ1) is 12.7. The van der Waals surface area contributed by atoms with Crippen LogP contribution in [0.25, 0.3) is 10.2 Å². The van der Waals surface area contributed by atoms with Gasteiger partial charge in [0.05, 0.1) is 21.6 Å². The summed E-state index contributed by atoms with van der Waals surface area (Å²) in [6.07, 6.45) is 5.89. The lowest BCUT2D eigenvalue weighted by Gasteiger charge is -2.13. The van der Waals surface area contributed by atoms with Crippen LogP contribution in [-0.2, 0) is 11.2 Å². The lowest BCUT2D eigenvalue weighted by molar-refractivity contribution is -0.118. The molecule has 4 aromatic rings. The van der Waals surface area contributed by atoms with Gasteiger partial charge in [-0.1, -0.05) is 24.3 Å². The normalized spacial score (nSPS) is 12.2. The van der Waals surface area contributed by atoms with Crippen LogP contribution in [0.3, 0.4) is 0 Å². The van der Waals surface area contributed by atoms with E-state index >= 15 is 0 Å². The van der Waals surface area contributed by atoms with Crippen molar-refractivity contribution in [3.8, 4) is 0 Å². The molecule has 0 aliphatic heterocycles. The van der Waals surface area contributed by atoms with Crippen LogP contribution in [0.1, 0.15) is 23.5 Å². The number of benzene rings is 2. The van der Waals surface area contributed by atoms with Crippen molar-refractivity contribution in [1.29, 1.82) is 0 Å². The molecule has 0 aliphatic carbocycles. The van der Waals surface area contributed by atoms with Gasteiger partial charge in [0, 0.05) is 24.5 Å². The maximum Gasteiger partial charge on any atom is 0.247 e. The summed E-state index contributed by atoms with van der Waals surface area (Å²) >= 11 is 1.72. The molecular formula is C20H18N4OS. The van der Waals surface area contributed by atoms with Crippen molar-refractivity contribution >= 4 is 33.1 Å². The maximum atomic E-state index is 12.3. The molecule has 0 saturated heterocycles. The predicted octanol–water partition coefficient (Wildman–Crippen LogP) is 4.28. The molecular weight excluding hydrogens is 344 g/mol. The Labute approximate surface area is 155 Å². The number of thiazole rings is 1. The first kappa shape index (κ1) is 16.5. The van der Waals surface area contributed by atoms with E-state index in [1.165, 1.54) is 10.3 Å². The van der Waals surface area contributed by atoms with Crippen LogP contribution >= 0.6 is 11.3 Å². The summed E-state index contributed by atoms with van der Waals surface area (Å²) in [4.78, 5) is 21.0. The highest BCUT2D eigenvalue weighted by molar-refractivity contribution is 7.18. The number of amides is 1. The number of imidazole rings is 1. The first-order valence-electron chi connectivity index (χ1n) is 8.41. The average Bonchev–Trinajstić information content (AvgIpc) is 3.31. The Bertz CT molecular complexity index is 989. The van der Waals surface area contributed by atoms with Crippen LogP contribution in [0.4, 0.5) is 5.69 Å². The molecule has 0 aliphatic rings. The Hall–Kier alpha value is -2.99. The van der Waals surface area contributed by atoms with Gasteiger partial charge < -0.3 is 9.88 Å². The molecule has 5 nitrogen and oxygen atoms in total. The van der Waals surface area contributed by atoms with Gasteiger partial charge >= 0.3 is 0 Å². The fourth-order valence-corrected chi connectivity index (χ4v) is 3.76. The van der Waals surface area contributed by atoms with E-state index in [-0.39, 0.29) is 11.9 Å². The van der Waals surface area contributed by atoms with Crippen molar-refractivity contribution in [2.24, 2.45) is 0 Å². The molecule has 1 amide bonds. The van der Waals surface area contributed by atoms with E-state index in [9.17, 15) is 4.79 Å². The average molecular weight is 362 g/mol. The van der Waals surface area contributed by atoms with Gasteiger partial charge in [-0.3, -0.25) is 4.79 Å². The zero-order chi connectivity index (χ0) is 17.9. The zero-order valence-corrected chi connectivity index (χ0v) is 15.1. The van der Waals surface area contributed by atoms with Crippen LogP contribution in [0.2, 0.25) is 0 Å². The third-order valence-corrected chi connectivity index (χ3v) is 5.30. The molecule has 2 aromatic carbocycles. The molecule has 6 heteroatoms. The van der Waals surface area contributed by atoms with Crippen molar-refractivity contribution in [2.75, 3.05) is 5.32 Å². The molecule has 2 aromatic heterocycles. The molecule has 0 spiro atoms. The first-order valence-corrected chi connectivity index (χ1v) is 9.22. The number of para-hydroxylation sites is 1. The lowest BCUT2D eigenvalue weighted by Crippen LogP contribution is -2.22. The fourth-order valence-electron chi connectivity index (χ4n) is 2.76. The summed E-state index contributed by atoms with van der Waals surface area (Å²) in [6.45, 7) is 1.85. The summed E-state index contributed by atoms with van der Waals surface area (Å²) in [5.41, 5.74) is 3.00. The molecule has 0 fully saturated rings. The Morgan fingerprint density at radius 3 is 2.73 bits per heavy atom. The number of carbonyl (C=O) groups excluding carboxylic acids is 1. The van der Waals surface area contributed by atoms with E-state index in [4.69, 9.17) is 0 Å². The zero-order valence-electron chi connectivity index (χ0n) is 14.3. The van der Waals surface area contributed by atoms with Crippen molar-refractivity contribution in [2.45, 2.75) is 19.4 Å². The van der Waals surface area contributed by atoms with E-state index in [2.05, 4.69) is 21.4 Å². The minimum Gasteiger partial charge on any atom is -0.325 e. The van der Waals surface area contributed by atoms with Gasteiger partial charge in [-0.2, -0.15) is 0 Å². The third kappa shape index (κ3) is 3.50. The minimum absolute atomic E-state index is 0.0677. The van der Waals surface area contributed by atoms with Gasteiger partial charge in [-0.15, -0.1) is 11.3 Å². The number of nitrogens with zero attached hydrogens (tertiary/aromatic N) is 3. The van der Waals surface area contributed by atoms with Gasteiger partial charge in [-0.05, 0) is 36.8 Å². The van der Waals surface area contributed by atoms with Crippen LogP contribution in [0, 0.1) is 0 Å². The van der Waals surface area contributed by atoms with Gasteiger partial charge in [0.2, 0.25) is 5.91 Å². The second kappa shape index (κ2) is 7.09. The highest BCUT2D eigenvalue weighted by Crippen LogP contribution is 2.24. The van der Waals surface area contributed by atoms with Crippen molar-refractivity contribution in [3.05, 3.63) is 77.8 Å². The third-order valence-electron chi connectivity index (χ3n) is 4.27. The number of fused-ring (bicyclic) bond motifs is 1. The molecule has 130 valence electrons. The Balaban J connectivity index is 1.42. The SMILES string of the molecule is CC(C(=O)Nc1ccc(Cc2nc3ccccc3s2)cc1)n1ccnc1. The molecule has 0 saturated carbocycles. The largest absolute Gasteiger partial charge is 0.325 e. The summed E-state index contributed by atoms with van der Waals surface area (Å²) in [5, 5.41) is 4.04. The molecule has 1 N–H and O–H groups in total. The number of aromatic nitrogens is 3. The standard InChI is InChI=1S/C20H18N4OS/c1-14(24-11-10-21-13-24)20(25)22-16-8-6-15(7-9-16)12-19-23-17-4-2-3-5-18(17)26-19/h2-11,13-14H,12H2,1H3,(H,22,25). The number of rotatable bonds is 5. The number of anilines is 1. The van der Waals surface area contributed by atoms with Crippen LogP contribution in [-0.4, -0.2) is 20.4 Å². The predicted molar refractivity (Wildman–Crippen MR) is 104 cm³/mol. The lowest BCUT2D eigenvalue weighted by atomic mass is 10.1. The molecule has 2 heterocycles. The molecule has 1 atom stereocenters. The topological polar surface area (TPSA) is 59.8 Å². The Morgan fingerprint density at radius 1 is 1.19 bits per heavy atom. The van der Waals surface area contributed by atoms with Crippen molar-refractivity contribution in [3.63, 3.8) is 0 Å². The van der Waals surface area contributed by atoms with Gasteiger partial charge in [-0.25, -0.2) is 9.97 Å². The quantitative estimate of drug-likeness (QED) is 0.576. The monoisotopic (exact) mass is 362 g/mol. The number of nitrogens with one attached hydrogen (secondary N) is 1. The number of hydrogen-bond donors (Lipinski definition) is 1. The van der Waals surface area contributed by atoms with Crippen LogP contribution in [0.15, 0.2) is 67.3 Å². The summed E-state index contributed by atoms with van der Waals surface area (Å²) < 4.78 is 2.98. The highest BCUT2D eigenvalue weighted by Gasteiger charge is 2.14. The van der Waals surface area contributed by atoms with Gasteiger partial charge in [0.15, 0.2) is 0 Å². The smallest absolute Gasteiger partial charge is 0.247 e. The van der Waals surface area contributed by atoms with E-state index in [1.807, 2.05) is 49.4 Å². The number of hydrogen-bond acceptors (Lipinski definition) is 4. The molecule has 0 bridgehead atoms. The van der Waals surface area contributed by atoms with Crippen LogP contribution < -0.4 is 5.32 Å². The maximum absolute atomic E-state index is 12.3. The Morgan fingerprint density at radius 2 is 2.00 bits per heavy atom. The van der Waals surface area contributed by atoms with Gasteiger partial charge in [0.1, 0.15) is 6.04 Å². The second-order valence-corrected chi connectivity index (χ2v) is 7.24. The van der Waals surface area contributed by atoms with E-state index in [0.717, 1.165) is 22.6 Å². The van der Waals surface area contributed by atoms with E-state index in [1.54, 1.807) is 34.6 Å². The van der Waals surface area contributed by atoms with E-state index in [0.29, 0.717) is 0 Å². The van der Waals surface area contributed by atoms with Crippen LogP contribution in [0.5, 0.6) is 0 Å². The van der Waals surface area contributed by atoms with Gasteiger partial charge in [0.25, 0.3) is 0 Å². The Kier molecular flexibility index (Phi) is 4.50. The minimum atomic E-state index is -0.306. The summed E-state index contributed by atoms with van der Waals surface area (Å²) in [6, 6.07) is 15.8. The molecule has 1 unspecified atom stereocenters. The van der Waals surface area contributed by atoms with E-state index < -0.39 is 0 Å². The highest BCUT2D eigenvalue weighted by atomic mass is 32.1. The summed E-state index contributed by atoms with van der Waals surface area (Å²) in [7, 11) is 0. The molecule has 0 radical (unpaired) electrons. The molecule has 26 heavy (non-hydrogen) atoms. The molecule has 4 rings (SSSR count). The number of carbonyl (C=O) groups is 1. The summed E-state index contributed by atoms with van der Waals surface area (Å²) in [5.74, 6) is -0.0677. The fraction of sp³-hybridized carbons (Fsp3) is 0.150.